The topological polar surface area (TPSA) is 64.5 Å². The molecule has 2 aromatic rings. The van der Waals surface area contributed by atoms with Crippen molar-refractivity contribution in [1.29, 1.82) is 0 Å². The smallest absolute Gasteiger partial charge is 0.102 e. The maximum atomic E-state index is 11.1. The predicted molar refractivity (Wildman–Crippen MR) is 117 cm³/mol. The molecule has 2 aliphatic rings. The fourth-order valence-electron chi connectivity index (χ4n) is 5.05. The summed E-state index contributed by atoms with van der Waals surface area (Å²) in [4.78, 5) is 0. The van der Waals surface area contributed by atoms with Crippen LogP contribution in [0, 0.1) is 5.92 Å². The Hall–Kier alpha value is -1.72. The van der Waals surface area contributed by atoms with Gasteiger partial charge in [-0.2, -0.15) is 0 Å². The van der Waals surface area contributed by atoms with Gasteiger partial charge in [-0.05, 0) is 75.2 Å². The molecule has 0 aromatic heterocycles. The van der Waals surface area contributed by atoms with Gasteiger partial charge in [-0.15, -0.1) is 0 Å². The largest absolute Gasteiger partial charge is 0.384 e. The number of rotatable bonds is 6. The average Bonchev–Trinajstić information content (AvgIpc) is 3.42. The maximum absolute atomic E-state index is 11.1. The van der Waals surface area contributed by atoms with Crippen molar-refractivity contribution in [2.75, 3.05) is 13.1 Å². The molecule has 29 heavy (non-hydrogen) atoms. The van der Waals surface area contributed by atoms with Crippen molar-refractivity contribution in [3.05, 3.63) is 71.3 Å². The van der Waals surface area contributed by atoms with Crippen LogP contribution in [0.15, 0.2) is 54.6 Å². The minimum Gasteiger partial charge on any atom is -0.384 e. The van der Waals surface area contributed by atoms with Gasteiger partial charge in [-0.25, -0.2) is 0 Å². The second kappa shape index (κ2) is 8.19. The first-order chi connectivity index (χ1) is 13.9. The van der Waals surface area contributed by atoms with E-state index in [2.05, 4.69) is 34.9 Å². The first-order valence-electron chi connectivity index (χ1n) is 10.9. The quantitative estimate of drug-likeness (QED) is 0.608. The standard InChI is InChI=1S/C25H34N2O2/c1-24(28,22-9-6-14-26-22)21-12-10-18(11-13-21)15-19-16-23(27-17-19)25(2,29)20-7-4-3-5-8-20/h3-5,7-8,10-13,19,22-23,26-29H,6,9,14-17H2,1-2H3/t19-,22+,23-,24-,25+/m0/s1. The third-order valence-corrected chi connectivity index (χ3v) is 7.06. The fraction of sp³-hybridized carbons (Fsp3) is 0.520. The van der Waals surface area contributed by atoms with Crippen molar-refractivity contribution in [3.8, 4) is 0 Å². The molecule has 0 amide bonds. The molecule has 156 valence electrons. The van der Waals surface area contributed by atoms with Gasteiger partial charge in [0.25, 0.3) is 0 Å². The second-order valence-corrected chi connectivity index (χ2v) is 9.27. The Kier molecular flexibility index (Phi) is 5.80. The molecule has 2 aromatic carbocycles. The average molecular weight is 395 g/mol. The van der Waals surface area contributed by atoms with E-state index in [-0.39, 0.29) is 12.1 Å². The van der Waals surface area contributed by atoms with Gasteiger partial charge in [0.15, 0.2) is 0 Å². The Morgan fingerprint density at radius 1 is 0.862 bits per heavy atom. The summed E-state index contributed by atoms with van der Waals surface area (Å²) in [7, 11) is 0. The fourth-order valence-corrected chi connectivity index (χ4v) is 5.05. The van der Waals surface area contributed by atoms with Crippen LogP contribution in [0.1, 0.15) is 49.8 Å². The molecular weight excluding hydrogens is 360 g/mol. The molecule has 0 spiro atoms. The van der Waals surface area contributed by atoms with E-state index in [9.17, 15) is 10.2 Å². The zero-order chi connectivity index (χ0) is 20.5. The van der Waals surface area contributed by atoms with E-state index in [1.54, 1.807) is 0 Å². The van der Waals surface area contributed by atoms with Crippen LogP contribution >= 0.6 is 0 Å². The van der Waals surface area contributed by atoms with Crippen LogP contribution in [0.25, 0.3) is 0 Å². The Balaban J connectivity index is 1.38. The molecule has 0 aliphatic carbocycles. The Morgan fingerprint density at radius 2 is 1.52 bits per heavy atom. The van der Waals surface area contributed by atoms with Crippen molar-refractivity contribution in [2.24, 2.45) is 5.92 Å². The van der Waals surface area contributed by atoms with Crippen LogP contribution < -0.4 is 10.6 Å². The molecule has 0 unspecified atom stereocenters. The summed E-state index contributed by atoms with van der Waals surface area (Å²) in [6, 6.07) is 18.6. The first kappa shape index (κ1) is 20.5. The molecule has 4 N–H and O–H groups in total. The van der Waals surface area contributed by atoms with Crippen LogP contribution in [0.3, 0.4) is 0 Å². The van der Waals surface area contributed by atoms with E-state index >= 15 is 0 Å². The van der Waals surface area contributed by atoms with Gasteiger partial charge in [0.2, 0.25) is 0 Å². The SMILES string of the molecule is C[C@](O)(c1ccc(C[C@@H]2CN[C@H]([C@](C)(O)c3ccccc3)C2)cc1)[C@H]1CCCN1. The zero-order valence-corrected chi connectivity index (χ0v) is 17.6. The lowest BCUT2D eigenvalue weighted by Crippen LogP contribution is -2.42. The molecule has 2 heterocycles. The van der Waals surface area contributed by atoms with Gasteiger partial charge in [-0.1, -0.05) is 54.6 Å². The monoisotopic (exact) mass is 394 g/mol. The summed E-state index contributed by atoms with van der Waals surface area (Å²) in [5.74, 6) is 0.498. The van der Waals surface area contributed by atoms with E-state index in [0.717, 1.165) is 49.9 Å². The minimum atomic E-state index is -0.868. The third-order valence-electron chi connectivity index (χ3n) is 7.06. The first-order valence-corrected chi connectivity index (χ1v) is 10.9. The lowest BCUT2D eigenvalue weighted by molar-refractivity contribution is 0.0205. The highest BCUT2D eigenvalue weighted by Crippen LogP contribution is 2.33. The van der Waals surface area contributed by atoms with Crippen molar-refractivity contribution in [3.63, 3.8) is 0 Å². The Morgan fingerprint density at radius 3 is 2.17 bits per heavy atom. The van der Waals surface area contributed by atoms with Crippen LogP contribution in [0.2, 0.25) is 0 Å². The molecule has 2 aliphatic heterocycles. The van der Waals surface area contributed by atoms with Crippen LogP contribution in [0.5, 0.6) is 0 Å². The number of hydrogen-bond acceptors (Lipinski definition) is 4. The highest BCUT2D eigenvalue weighted by atomic mass is 16.3. The Labute approximate surface area is 174 Å². The predicted octanol–water partition coefficient (Wildman–Crippen LogP) is 3.07. The molecule has 0 bridgehead atoms. The van der Waals surface area contributed by atoms with E-state index in [1.807, 2.05) is 44.2 Å². The third kappa shape index (κ3) is 4.26. The van der Waals surface area contributed by atoms with E-state index < -0.39 is 11.2 Å². The van der Waals surface area contributed by atoms with E-state index in [0.29, 0.717) is 5.92 Å². The van der Waals surface area contributed by atoms with Crippen LogP contribution in [-0.4, -0.2) is 35.4 Å². The highest BCUT2D eigenvalue weighted by Gasteiger charge is 2.39. The van der Waals surface area contributed by atoms with Gasteiger partial charge >= 0.3 is 0 Å². The molecule has 0 radical (unpaired) electrons. The molecule has 5 atom stereocenters. The lowest BCUT2D eigenvalue weighted by atomic mass is 9.84. The lowest BCUT2D eigenvalue weighted by Gasteiger charge is -2.31. The molecular formula is C25H34N2O2. The number of nitrogens with one attached hydrogen (secondary N) is 2. The number of benzene rings is 2. The summed E-state index contributed by atoms with van der Waals surface area (Å²) in [6.45, 7) is 5.74. The molecule has 4 heteroatoms. The van der Waals surface area contributed by atoms with Crippen molar-refractivity contribution in [2.45, 2.75) is 62.8 Å². The maximum Gasteiger partial charge on any atom is 0.102 e. The zero-order valence-electron chi connectivity index (χ0n) is 17.6. The van der Waals surface area contributed by atoms with E-state index in [1.165, 1.54) is 5.56 Å². The summed E-state index contributed by atoms with van der Waals surface area (Å²) in [6.07, 6.45) is 4.08. The second-order valence-electron chi connectivity index (χ2n) is 9.27. The normalized spacial score (nSPS) is 28.8. The molecule has 4 nitrogen and oxygen atoms in total. The summed E-state index contributed by atoms with van der Waals surface area (Å²) >= 11 is 0. The number of aliphatic hydroxyl groups is 2. The van der Waals surface area contributed by atoms with Gasteiger partial charge in [-0.3, -0.25) is 0 Å². The van der Waals surface area contributed by atoms with E-state index in [4.69, 9.17) is 0 Å². The van der Waals surface area contributed by atoms with Gasteiger partial charge in [0.05, 0.1) is 0 Å². The Bertz CT molecular complexity index is 795. The van der Waals surface area contributed by atoms with Crippen LogP contribution in [0.4, 0.5) is 0 Å². The number of hydrogen-bond donors (Lipinski definition) is 4. The molecule has 2 saturated heterocycles. The summed E-state index contributed by atoms with van der Waals surface area (Å²) < 4.78 is 0. The van der Waals surface area contributed by atoms with Crippen LogP contribution in [-0.2, 0) is 17.6 Å². The molecule has 0 saturated carbocycles. The van der Waals surface area contributed by atoms with Gasteiger partial charge < -0.3 is 20.8 Å². The molecule has 4 rings (SSSR count). The van der Waals surface area contributed by atoms with Crippen molar-refractivity contribution < 1.29 is 10.2 Å². The molecule has 2 fully saturated rings. The minimum absolute atomic E-state index is 0.0587. The highest BCUT2D eigenvalue weighted by molar-refractivity contribution is 5.29. The van der Waals surface area contributed by atoms with Gasteiger partial charge in [0, 0.05) is 12.1 Å². The summed E-state index contributed by atoms with van der Waals surface area (Å²) in [5.41, 5.74) is 1.53. The van der Waals surface area contributed by atoms with Crippen molar-refractivity contribution >= 4 is 0 Å². The summed E-state index contributed by atoms with van der Waals surface area (Å²) in [5, 5.41) is 29.1. The van der Waals surface area contributed by atoms with Crippen molar-refractivity contribution in [1.82, 2.24) is 10.6 Å². The van der Waals surface area contributed by atoms with Gasteiger partial charge in [0.1, 0.15) is 11.2 Å².